The highest BCUT2D eigenvalue weighted by molar-refractivity contribution is 5.90. The van der Waals surface area contributed by atoms with Gasteiger partial charge < -0.3 is 0 Å². The minimum Gasteiger partial charge on any atom is -0.278 e. The van der Waals surface area contributed by atoms with E-state index in [1.807, 2.05) is 6.92 Å². The number of aliphatic imine (C=N–C) groups is 1. The molecule has 0 fully saturated rings. The second-order valence-corrected chi connectivity index (χ2v) is 3.71. The monoisotopic (exact) mass is 247 g/mol. The molecule has 2 rings (SSSR count). The fourth-order valence-electron chi connectivity index (χ4n) is 1.56. The van der Waals surface area contributed by atoms with Crippen LogP contribution >= 0.6 is 0 Å². The lowest BCUT2D eigenvalue weighted by Gasteiger charge is -2.19. The normalized spacial score (nSPS) is 18.0. The van der Waals surface area contributed by atoms with Gasteiger partial charge in [-0.05, 0) is 6.42 Å². The predicted octanol–water partition coefficient (Wildman–Crippen LogP) is 1.60. The minimum absolute atomic E-state index is 0.285. The molecule has 1 aliphatic rings. The van der Waals surface area contributed by atoms with E-state index in [1.54, 1.807) is 0 Å². The zero-order valence-corrected chi connectivity index (χ0v) is 9.25. The topological polar surface area (TPSA) is 55.1 Å². The molecular weight excluding hydrogens is 235 g/mol. The largest absolute Gasteiger partial charge is 0.453 e. The van der Waals surface area contributed by atoms with Crippen molar-refractivity contribution in [3.63, 3.8) is 0 Å². The van der Waals surface area contributed by atoms with E-state index in [1.165, 1.54) is 0 Å². The summed E-state index contributed by atoms with van der Waals surface area (Å²) >= 11 is 0. The molecule has 0 unspecified atom stereocenters. The smallest absolute Gasteiger partial charge is 0.278 e. The van der Waals surface area contributed by atoms with Crippen LogP contribution in [-0.4, -0.2) is 27.3 Å². The third-order valence-electron chi connectivity index (χ3n) is 2.34. The van der Waals surface area contributed by atoms with Gasteiger partial charge >= 0.3 is 6.18 Å². The van der Waals surface area contributed by atoms with Gasteiger partial charge in [-0.25, -0.2) is 4.68 Å². The van der Waals surface area contributed by atoms with Gasteiger partial charge in [0.2, 0.25) is 0 Å². The standard InChI is InChI=1S/C9H12F3N5/c1-2-5-13-6-3-4-7-14-15-8(9(10,11)12)17(7)16-6/h2-5H2,1H3,(H,13,16). The molecular formula is C9H12F3N5. The second-order valence-electron chi connectivity index (χ2n) is 3.71. The summed E-state index contributed by atoms with van der Waals surface area (Å²) in [6, 6.07) is 0. The Morgan fingerprint density at radius 3 is 2.76 bits per heavy atom. The summed E-state index contributed by atoms with van der Waals surface area (Å²) in [5, 5.41) is 6.67. The van der Waals surface area contributed by atoms with Crippen molar-refractivity contribution in [2.45, 2.75) is 32.4 Å². The predicted molar refractivity (Wildman–Crippen MR) is 55.3 cm³/mol. The minimum atomic E-state index is -4.51. The van der Waals surface area contributed by atoms with Crippen LogP contribution in [0.3, 0.4) is 0 Å². The quantitative estimate of drug-likeness (QED) is 0.863. The van der Waals surface area contributed by atoms with Crippen LogP contribution in [0.15, 0.2) is 4.99 Å². The molecule has 0 aromatic carbocycles. The molecule has 0 saturated heterocycles. The number of hydrogen-bond donors (Lipinski definition) is 1. The zero-order valence-electron chi connectivity index (χ0n) is 9.25. The van der Waals surface area contributed by atoms with E-state index in [-0.39, 0.29) is 5.82 Å². The van der Waals surface area contributed by atoms with Crippen molar-refractivity contribution >= 4 is 5.84 Å². The highest BCUT2D eigenvalue weighted by Gasteiger charge is 2.39. The SMILES string of the molecule is CCCN=C1CCc2nnc(C(F)(F)F)n2N1. The van der Waals surface area contributed by atoms with Crippen molar-refractivity contribution in [1.82, 2.24) is 14.9 Å². The number of aromatic nitrogens is 3. The molecule has 0 bridgehead atoms. The molecule has 1 aromatic heterocycles. The molecule has 1 aromatic rings. The molecule has 17 heavy (non-hydrogen) atoms. The average molecular weight is 247 g/mol. The Balaban J connectivity index is 2.26. The van der Waals surface area contributed by atoms with Gasteiger partial charge in [-0.1, -0.05) is 6.92 Å². The number of fused-ring (bicyclic) bond motifs is 1. The van der Waals surface area contributed by atoms with Crippen molar-refractivity contribution in [2.75, 3.05) is 12.0 Å². The fourth-order valence-corrected chi connectivity index (χ4v) is 1.56. The average Bonchev–Trinajstić information content (AvgIpc) is 2.68. The molecule has 1 aliphatic heterocycles. The molecule has 0 saturated carbocycles. The van der Waals surface area contributed by atoms with Crippen LogP contribution in [0, 0.1) is 0 Å². The van der Waals surface area contributed by atoms with Gasteiger partial charge in [0.25, 0.3) is 5.82 Å². The lowest BCUT2D eigenvalue weighted by Crippen LogP contribution is -2.33. The van der Waals surface area contributed by atoms with E-state index in [9.17, 15) is 13.2 Å². The molecule has 94 valence electrons. The van der Waals surface area contributed by atoms with E-state index in [2.05, 4.69) is 20.6 Å². The molecule has 0 aliphatic carbocycles. The van der Waals surface area contributed by atoms with E-state index in [4.69, 9.17) is 0 Å². The first kappa shape index (κ1) is 11.9. The lowest BCUT2D eigenvalue weighted by molar-refractivity contribution is -0.146. The summed E-state index contributed by atoms with van der Waals surface area (Å²) in [6.07, 6.45) is -2.67. The molecule has 0 atom stereocenters. The highest BCUT2D eigenvalue weighted by atomic mass is 19.4. The van der Waals surface area contributed by atoms with Crippen LogP contribution in [0.25, 0.3) is 0 Å². The molecule has 8 heteroatoms. The highest BCUT2D eigenvalue weighted by Crippen LogP contribution is 2.28. The Labute approximate surface area is 95.7 Å². The Morgan fingerprint density at radius 1 is 1.35 bits per heavy atom. The van der Waals surface area contributed by atoms with Crippen molar-refractivity contribution in [3.8, 4) is 0 Å². The van der Waals surface area contributed by atoms with Gasteiger partial charge in [0.15, 0.2) is 5.82 Å². The van der Waals surface area contributed by atoms with Gasteiger partial charge in [0.05, 0.1) is 0 Å². The molecule has 0 spiro atoms. The van der Waals surface area contributed by atoms with Crippen LogP contribution in [0.5, 0.6) is 0 Å². The number of amidine groups is 1. The van der Waals surface area contributed by atoms with Gasteiger partial charge in [-0.3, -0.25) is 10.4 Å². The van der Waals surface area contributed by atoms with E-state index >= 15 is 0 Å². The van der Waals surface area contributed by atoms with Crippen LogP contribution in [0.4, 0.5) is 13.2 Å². The number of hydrogen-bond acceptors (Lipinski definition) is 3. The Bertz CT molecular complexity index is 434. The number of nitrogens with one attached hydrogen (secondary N) is 1. The van der Waals surface area contributed by atoms with E-state index < -0.39 is 12.0 Å². The summed E-state index contributed by atoms with van der Waals surface area (Å²) in [4.78, 5) is 4.17. The van der Waals surface area contributed by atoms with Crippen molar-refractivity contribution in [1.29, 1.82) is 0 Å². The molecule has 2 heterocycles. The summed E-state index contributed by atoms with van der Waals surface area (Å²) in [5.74, 6) is -0.200. The van der Waals surface area contributed by atoms with Crippen LogP contribution < -0.4 is 5.43 Å². The first-order valence-electron chi connectivity index (χ1n) is 5.34. The summed E-state index contributed by atoms with van der Waals surface area (Å²) in [7, 11) is 0. The Kier molecular flexibility index (Phi) is 3.03. The van der Waals surface area contributed by atoms with Gasteiger partial charge in [-0.2, -0.15) is 13.2 Å². The number of aryl methyl sites for hydroxylation is 1. The van der Waals surface area contributed by atoms with E-state index in [0.29, 0.717) is 25.2 Å². The number of halogens is 3. The molecule has 5 nitrogen and oxygen atoms in total. The van der Waals surface area contributed by atoms with Gasteiger partial charge in [-0.15, -0.1) is 10.2 Å². The zero-order chi connectivity index (χ0) is 12.5. The maximum atomic E-state index is 12.6. The van der Waals surface area contributed by atoms with Crippen molar-refractivity contribution in [2.24, 2.45) is 4.99 Å². The molecule has 0 amide bonds. The van der Waals surface area contributed by atoms with Crippen LogP contribution in [0.1, 0.15) is 31.4 Å². The third-order valence-corrected chi connectivity index (χ3v) is 2.34. The van der Waals surface area contributed by atoms with Gasteiger partial charge in [0, 0.05) is 19.4 Å². The van der Waals surface area contributed by atoms with Crippen molar-refractivity contribution in [3.05, 3.63) is 11.6 Å². The number of nitrogens with zero attached hydrogens (tertiary/aromatic N) is 4. The summed E-state index contributed by atoms with van der Waals surface area (Å²) in [5.41, 5.74) is 2.61. The number of alkyl halides is 3. The summed E-state index contributed by atoms with van der Waals surface area (Å²) in [6.45, 7) is 2.55. The van der Waals surface area contributed by atoms with E-state index in [0.717, 1.165) is 11.1 Å². The van der Waals surface area contributed by atoms with Crippen LogP contribution in [0.2, 0.25) is 0 Å². The van der Waals surface area contributed by atoms with Crippen molar-refractivity contribution < 1.29 is 13.2 Å². The maximum absolute atomic E-state index is 12.6. The first-order chi connectivity index (χ1) is 8.02. The second kappa shape index (κ2) is 4.34. The fraction of sp³-hybridized carbons (Fsp3) is 0.667. The van der Waals surface area contributed by atoms with Gasteiger partial charge in [0.1, 0.15) is 5.84 Å². The van der Waals surface area contributed by atoms with Crippen LogP contribution in [-0.2, 0) is 12.6 Å². The maximum Gasteiger partial charge on any atom is 0.453 e. The molecule has 1 N–H and O–H groups in total. The number of rotatable bonds is 2. The third kappa shape index (κ3) is 2.40. The Morgan fingerprint density at radius 2 is 2.12 bits per heavy atom. The first-order valence-corrected chi connectivity index (χ1v) is 5.34. The Hall–Kier alpha value is -1.60. The summed E-state index contributed by atoms with van der Waals surface area (Å²) < 4.78 is 38.6. The lowest BCUT2D eigenvalue weighted by atomic mass is 10.2. The molecule has 0 radical (unpaired) electrons.